The molecule has 2 rings (SSSR count). The fourth-order valence-electron chi connectivity index (χ4n) is 2.29. The minimum Gasteiger partial charge on any atom is -0.469 e. The molecule has 0 N–H and O–H groups in total. The predicted octanol–water partition coefficient (Wildman–Crippen LogP) is 1.77. The van der Waals surface area contributed by atoms with Crippen molar-refractivity contribution >= 4 is 11.9 Å². The zero-order valence-corrected chi connectivity index (χ0v) is 11.0. The number of amides is 1. The minimum absolute atomic E-state index is 0.0607. The van der Waals surface area contributed by atoms with E-state index in [1.807, 2.05) is 0 Å². The number of halogens is 1. The fraction of sp³-hybridized carbons (Fsp3) is 0.429. The third-order valence-corrected chi connectivity index (χ3v) is 3.43. The molecule has 4 nitrogen and oxygen atoms in total. The summed E-state index contributed by atoms with van der Waals surface area (Å²) in [6.45, 7) is 2.36. The van der Waals surface area contributed by atoms with Gasteiger partial charge in [0.1, 0.15) is 5.82 Å². The Morgan fingerprint density at radius 1 is 1.42 bits per heavy atom. The van der Waals surface area contributed by atoms with Gasteiger partial charge in [-0.05, 0) is 25.0 Å². The maximum Gasteiger partial charge on any atom is 0.310 e. The number of aryl methyl sites for hydroxylation is 1. The average Bonchev–Trinajstić information content (AvgIpc) is 2.90. The topological polar surface area (TPSA) is 46.6 Å². The third kappa shape index (κ3) is 2.59. The molecule has 1 aliphatic heterocycles. The van der Waals surface area contributed by atoms with Gasteiger partial charge in [-0.15, -0.1) is 0 Å². The Morgan fingerprint density at radius 2 is 2.16 bits per heavy atom. The maximum atomic E-state index is 13.9. The molecule has 19 heavy (non-hydrogen) atoms. The lowest BCUT2D eigenvalue weighted by Crippen LogP contribution is -2.31. The maximum absolute atomic E-state index is 13.9. The van der Waals surface area contributed by atoms with Crippen LogP contribution in [-0.2, 0) is 9.53 Å². The van der Waals surface area contributed by atoms with Gasteiger partial charge in [0.05, 0.1) is 18.6 Å². The van der Waals surface area contributed by atoms with Crippen LogP contribution in [0.4, 0.5) is 4.39 Å². The predicted molar refractivity (Wildman–Crippen MR) is 67.2 cm³/mol. The summed E-state index contributed by atoms with van der Waals surface area (Å²) in [7, 11) is 1.33. The van der Waals surface area contributed by atoms with E-state index in [0.717, 1.165) is 0 Å². The molecule has 0 bridgehead atoms. The van der Waals surface area contributed by atoms with Crippen LogP contribution in [0.2, 0.25) is 0 Å². The van der Waals surface area contributed by atoms with Crippen molar-refractivity contribution in [3.05, 3.63) is 35.1 Å². The quantitative estimate of drug-likeness (QED) is 0.766. The van der Waals surface area contributed by atoms with E-state index in [4.69, 9.17) is 0 Å². The lowest BCUT2D eigenvalue weighted by atomic mass is 10.1. The molecule has 0 radical (unpaired) electrons. The van der Waals surface area contributed by atoms with E-state index < -0.39 is 5.82 Å². The molecule has 1 aromatic rings. The van der Waals surface area contributed by atoms with E-state index in [1.165, 1.54) is 18.1 Å². The fourth-order valence-corrected chi connectivity index (χ4v) is 2.29. The highest BCUT2D eigenvalue weighted by molar-refractivity contribution is 5.95. The largest absolute Gasteiger partial charge is 0.469 e. The summed E-state index contributed by atoms with van der Waals surface area (Å²) in [4.78, 5) is 25.1. The molecular weight excluding hydrogens is 249 g/mol. The Bertz CT molecular complexity index is 515. The summed E-state index contributed by atoms with van der Waals surface area (Å²) in [5.74, 6) is -1.48. The summed E-state index contributed by atoms with van der Waals surface area (Å²) < 4.78 is 18.5. The number of nitrogens with zero attached hydrogens (tertiary/aromatic N) is 1. The van der Waals surface area contributed by atoms with Crippen LogP contribution in [0, 0.1) is 18.7 Å². The third-order valence-electron chi connectivity index (χ3n) is 3.43. The van der Waals surface area contributed by atoms with Gasteiger partial charge in [-0.3, -0.25) is 9.59 Å². The van der Waals surface area contributed by atoms with Gasteiger partial charge in [0, 0.05) is 13.1 Å². The molecule has 1 heterocycles. The average molecular weight is 265 g/mol. The molecule has 1 aromatic carbocycles. The van der Waals surface area contributed by atoms with Crippen LogP contribution in [0.25, 0.3) is 0 Å². The molecule has 1 atom stereocenters. The highest BCUT2D eigenvalue weighted by Crippen LogP contribution is 2.21. The molecule has 1 fully saturated rings. The standard InChI is InChI=1S/C14H16FNO3/c1-9-4-3-5-11(12(9)15)13(17)16-7-6-10(8-16)14(18)19-2/h3-5,10H,6-8H2,1-2H3. The lowest BCUT2D eigenvalue weighted by molar-refractivity contribution is -0.144. The van der Waals surface area contributed by atoms with Gasteiger partial charge in [0.25, 0.3) is 5.91 Å². The first kappa shape index (κ1) is 13.5. The molecule has 0 aliphatic carbocycles. The van der Waals surface area contributed by atoms with E-state index in [9.17, 15) is 14.0 Å². The van der Waals surface area contributed by atoms with Crippen LogP contribution in [0.3, 0.4) is 0 Å². The first-order chi connectivity index (χ1) is 9.04. The van der Waals surface area contributed by atoms with Gasteiger partial charge >= 0.3 is 5.97 Å². The monoisotopic (exact) mass is 265 g/mol. The van der Waals surface area contributed by atoms with Crippen molar-refractivity contribution in [2.24, 2.45) is 5.92 Å². The molecular formula is C14H16FNO3. The second-order valence-corrected chi connectivity index (χ2v) is 4.70. The number of carbonyl (C=O) groups is 2. The summed E-state index contributed by atoms with van der Waals surface area (Å²) in [6.07, 6.45) is 0.561. The number of methoxy groups -OCH3 is 1. The number of benzene rings is 1. The van der Waals surface area contributed by atoms with E-state index in [2.05, 4.69) is 4.74 Å². The molecule has 0 spiro atoms. The Labute approximate surface area is 111 Å². The zero-order chi connectivity index (χ0) is 14.0. The van der Waals surface area contributed by atoms with Crippen molar-refractivity contribution < 1.29 is 18.7 Å². The van der Waals surface area contributed by atoms with Crippen molar-refractivity contribution in [1.29, 1.82) is 0 Å². The van der Waals surface area contributed by atoms with Crippen molar-refractivity contribution in [1.82, 2.24) is 4.90 Å². The first-order valence-electron chi connectivity index (χ1n) is 6.16. The van der Waals surface area contributed by atoms with Crippen molar-refractivity contribution in [3.63, 3.8) is 0 Å². The molecule has 5 heteroatoms. The van der Waals surface area contributed by atoms with Crippen molar-refractivity contribution in [2.75, 3.05) is 20.2 Å². The van der Waals surface area contributed by atoms with Crippen LogP contribution >= 0.6 is 0 Å². The molecule has 102 valence electrons. The smallest absolute Gasteiger partial charge is 0.310 e. The van der Waals surface area contributed by atoms with Crippen molar-refractivity contribution in [2.45, 2.75) is 13.3 Å². The Balaban J connectivity index is 2.14. The van der Waals surface area contributed by atoms with Crippen LogP contribution in [0.15, 0.2) is 18.2 Å². The van der Waals surface area contributed by atoms with Gasteiger partial charge < -0.3 is 9.64 Å². The summed E-state index contributed by atoms with van der Waals surface area (Å²) >= 11 is 0. The number of ether oxygens (including phenoxy) is 1. The second kappa shape index (κ2) is 5.38. The Morgan fingerprint density at radius 3 is 2.84 bits per heavy atom. The number of hydrogen-bond donors (Lipinski definition) is 0. The number of likely N-dealkylation sites (tertiary alicyclic amines) is 1. The highest BCUT2D eigenvalue weighted by Gasteiger charge is 2.32. The van der Waals surface area contributed by atoms with Crippen LogP contribution in [-0.4, -0.2) is 37.0 Å². The Kier molecular flexibility index (Phi) is 3.83. The second-order valence-electron chi connectivity index (χ2n) is 4.70. The van der Waals surface area contributed by atoms with E-state index in [1.54, 1.807) is 19.1 Å². The SMILES string of the molecule is COC(=O)C1CCN(C(=O)c2cccc(C)c2F)C1. The minimum atomic E-state index is -0.492. The van der Waals surface area contributed by atoms with Gasteiger partial charge in [-0.25, -0.2) is 4.39 Å². The van der Waals surface area contributed by atoms with E-state index >= 15 is 0 Å². The van der Waals surface area contributed by atoms with Gasteiger partial charge in [0.2, 0.25) is 0 Å². The highest BCUT2D eigenvalue weighted by atomic mass is 19.1. The molecule has 1 aliphatic rings. The van der Waals surface area contributed by atoms with Gasteiger partial charge in [-0.2, -0.15) is 0 Å². The Hall–Kier alpha value is -1.91. The normalized spacial score (nSPS) is 18.5. The van der Waals surface area contributed by atoms with Crippen LogP contribution < -0.4 is 0 Å². The van der Waals surface area contributed by atoms with E-state index in [-0.39, 0.29) is 23.4 Å². The number of rotatable bonds is 2. The summed E-state index contributed by atoms with van der Waals surface area (Å²) in [5, 5.41) is 0. The van der Waals surface area contributed by atoms with Gasteiger partial charge in [0.15, 0.2) is 0 Å². The van der Waals surface area contributed by atoms with Crippen molar-refractivity contribution in [3.8, 4) is 0 Å². The van der Waals surface area contributed by atoms with Gasteiger partial charge in [-0.1, -0.05) is 12.1 Å². The molecule has 1 unspecified atom stereocenters. The number of hydrogen-bond acceptors (Lipinski definition) is 3. The summed E-state index contributed by atoms with van der Waals surface area (Å²) in [6, 6.07) is 4.74. The first-order valence-corrected chi connectivity index (χ1v) is 6.16. The molecule has 0 saturated carbocycles. The lowest BCUT2D eigenvalue weighted by Gasteiger charge is -2.17. The van der Waals surface area contributed by atoms with Crippen LogP contribution in [0.1, 0.15) is 22.3 Å². The summed E-state index contributed by atoms with van der Waals surface area (Å²) in [5.41, 5.74) is 0.500. The number of esters is 1. The molecule has 1 saturated heterocycles. The number of carbonyl (C=O) groups excluding carboxylic acids is 2. The zero-order valence-electron chi connectivity index (χ0n) is 11.0. The molecule has 1 amide bonds. The molecule has 0 aromatic heterocycles. The van der Waals surface area contributed by atoms with E-state index in [0.29, 0.717) is 25.1 Å². The van der Waals surface area contributed by atoms with Crippen LogP contribution in [0.5, 0.6) is 0 Å².